The molecule has 0 bridgehead atoms. The van der Waals surface area contributed by atoms with Gasteiger partial charge in [0, 0.05) is 6.54 Å². The highest BCUT2D eigenvalue weighted by atomic mass is 14.7. The second kappa shape index (κ2) is 5.27. The third-order valence-corrected chi connectivity index (χ3v) is 1.22. The number of rotatable bonds is 4. The lowest BCUT2D eigenvalue weighted by Gasteiger charge is -2.05. The Morgan fingerprint density at radius 3 is 2.60 bits per heavy atom. The maximum Gasteiger partial charge on any atom is 0.200 e. The van der Waals surface area contributed by atoms with Crippen molar-refractivity contribution in [1.29, 1.82) is 0 Å². The van der Waals surface area contributed by atoms with Gasteiger partial charge in [-0.15, -0.1) is 12.6 Å². The largest absolute Gasteiger partial charge is 0.304 e. The molecule has 0 unspecified atom stereocenters. The van der Waals surface area contributed by atoms with Gasteiger partial charge in [0.1, 0.15) is 0 Å². The van der Waals surface area contributed by atoms with Crippen LogP contribution in [0.1, 0.15) is 20.8 Å². The molecule has 0 saturated carbocycles. The number of nitrogens with zero attached hydrogens (tertiary/aromatic N) is 1. The molecule has 0 atom stereocenters. The second-order valence-electron chi connectivity index (χ2n) is 2.46. The molecule has 0 rings (SSSR count). The molecule has 0 aliphatic heterocycles. The summed E-state index contributed by atoms with van der Waals surface area (Å²) in [4.78, 5) is 4.30. The van der Waals surface area contributed by atoms with E-state index in [-0.39, 0.29) is 0 Å². The van der Waals surface area contributed by atoms with Crippen LogP contribution in [0.3, 0.4) is 0 Å². The van der Waals surface area contributed by atoms with Crippen molar-refractivity contribution in [2.24, 2.45) is 10.9 Å². The van der Waals surface area contributed by atoms with Crippen LogP contribution in [0, 0.1) is 5.92 Å². The average molecular weight is 136 g/mol. The summed E-state index contributed by atoms with van der Waals surface area (Å²) in [7, 11) is 1.97. The summed E-state index contributed by atoms with van der Waals surface area (Å²) < 4.78 is 0. The molecule has 0 amide bonds. The summed E-state index contributed by atoms with van der Waals surface area (Å²) in [6.07, 6.45) is 0. The monoisotopic (exact) mass is 136 g/mol. The average Bonchev–Trinajstić information content (AvgIpc) is 1.87. The molecule has 10 heavy (non-hydrogen) atoms. The van der Waals surface area contributed by atoms with Gasteiger partial charge >= 0.3 is 0 Å². The molecule has 0 fully saturated rings. The Hall–Kier alpha value is -0.525. The van der Waals surface area contributed by atoms with Gasteiger partial charge in [-0.2, -0.15) is 0 Å². The van der Waals surface area contributed by atoms with E-state index in [0.717, 1.165) is 12.2 Å². The minimum Gasteiger partial charge on any atom is -0.304 e. The Bertz CT molecular complexity index is 127. The first kappa shape index (κ1) is 9.47. The van der Waals surface area contributed by atoms with Crippen LogP contribution in [0.5, 0.6) is 0 Å². The van der Waals surface area contributed by atoms with Gasteiger partial charge < -0.3 is 4.99 Å². The van der Waals surface area contributed by atoms with Crippen molar-refractivity contribution in [1.82, 2.24) is 0 Å². The van der Waals surface area contributed by atoms with Crippen molar-refractivity contribution in [2.75, 3.05) is 6.54 Å². The van der Waals surface area contributed by atoms with Crippen molar-refractivity contribution in [3.8, 4) is 0 Å². The normalized spacial score (nSPS) is 11.8. The third kappa shape index (κ3) is 3.49. The first-order chi connectivity index (χ1) is 4.72. The van der Waals surface area contributed by atoms with E-state index < -0.39 is 0 Å². The second-order valence-corrected chi connectivity index (χ2v) is 2.46. The molecule has 0 saturated heterocycles. The lowest BCUT2D eigenvalue weighted by molar-refractivity contribution is 0.887. The maximum absolute atomic E-state index is 4.30. The molecular formula is C8H15BN. The Morgan fingerprint density at radius 2 is 2.30 bits per heavy atom. The van der Waals surface area contributed by atoms with Crippen LogP contribution >= 0.6 is 0 Å². The minimum absolute atomic E-state index is 0.512. The smallest absolute Gasteiger partial charge is 0.200 e. The number of hydrogen-bond acceptors (Lipinski definition) is 1. The molecule has 2 heteroatoms. The minimum atomic E-state index is 0.512. The van der Waals surface area contributed by atoms with E-state index in [0.29, 0.717) is 5.92 Å². The van der Waals surface area contributed by atoms with Crippen LogP contribution in [0.2, 0.25) is 0 Å². The molecule has 0 N–H and O–H groups in total. The highest BCUT2D eigenvalue weighted by molar-refractivity contribution is 6.79. The fourth-order valence-electron chi connectivity index (χ4n) is 0.731. The van der Waals surface area contributed by atoms with E-state index >= 15 is 0 Å². The van der Waals surface area contributed by atoms with E-state index in [1.807, 2.05) is 14.2 Å². The molecule has 1 nitrogen and oxygen atoms in total. The van der Waals surface area contributed by atoms with Crippen molar-refractivity contribution in [2.45, 2.75) is 20.8 Å². The van der Waals surface area contributed by atoms with Crippen LogP contribution in [-0.2, 0) is 0 Å². The van der Waals surface area contributed by atoms with Crippen molar-refractivity contribution in [3.05, 3.63) is 12.6 Å². The fraction of sp³-hybridized carbons (Fsp3) is 0.625. The molecule has 0 aromatic rings. The summed E-state index contributed by atoms with van der Waals surface area (Å²) in [5, 5.41) is 0. The first-order valence-electron chi connectivity index (χ1n) is 3.72. The van der Waals surface area contributed by atoms with Crippen LogP contribution in [-0.4, -0.2) is 19.4 Å². The predicted octanol–water partition coefficient (Wildman–Crippen LogP) is 1.91. The van der Waals surface area contributed by atoms with Gasteiger partial charge in [0.15, 0.2) is 0 Å². The van der Waals surface area contributed by atoms with E-state index in [9.17, 15) is 0 Å². The summed E-state index contributed by atoms with van der Waals surface area (Å²) >= 11 is 0. The lowest BCUT2D eigenvalue weighted by atomic mass is 9.68. The zero-order valence-corrected chi connectivity index (χ0v) is 7.09. The number of aliphatic imine (C=N–C) groups is 1. The topological polar surface area (TPSA) is 12.4 Å². The van der Waals surface area contributed by atoms with E-state index in [1.165, 1.54) is 0 Å². The molecule has 0 aliphatic rings. The van der Waals surface area contributed by atoms with Crippen molar-refractivity contribution >= 4 is 12.9 Å². The van der Waals surface area contributed by atoms with Gasteiger partial charge in [0.05, 0.1) is 0 Å². The van der Waals surface area contributed by atoms with Gasteiger partial charge in [-0.25, -0.2) is 0 Å². The summed E-state index contributed by atoms with van der Waals surface area (Å²) in [5.74, 6) is 2.30. The standard InChI is InChI=1S/C8H15BN/c1-5-9-8(7(3)4)10-6-2/h5,7H,1,6H2,2-4H3. The van der Waals surface area contributed by atoms with Gasteiger partial charge in [0.25, 0.3) is 0 Å². The van der Waals surface area contributed by atoms with Gasteiger partial charge in [-0.1, -0.05) is 13.8 Å². The number of hydrogen-bond donors (Lipinski definition) is 0. The zero-order valence-electron chi connectivity index (χ0n) is 7.09. The zero-order chi connectivity index (χ0) is 7.98. The van der Waals surface area contributed by atoms with Gasteiger partial charge in [-0.05, 0) is 18.5 Å². The molecule has 0 aromatic heterocycles. The van der Waals surface area contributed by atoms with Crippen molar-refractivity contribution in [3.63, 3.8) is 0 Å². The van der Waals surface area contributed by atoms with Crippen LogP contribution in [0.25, 0.3) is 0 Å². The molecule has 0 aliphatic carbocycles. The van der Waals surface area contributed by atoms with E-state index in [1.54, 1.807) is 5.98 Å². The predicted molar refractivity (Wildman–Crippen MR) is 48.8 cm³/mol. The Morgan fingerprint density at radius 1 is 1.70 bits per heavy atom. The quantitative estimate of drug-likeness (QED) is 0.413. The highest BCUT2D eigenvalue weighted by Gasteiger charge is 2.01. The SMILES string of the molecule is C=C[B]C(=NCC)C(C)C. The lowest BCUT2D eigenvalue weighted by Crippen LogP contribution is -2.14. The molecular weight excluding hydrogens is 121 g/mol. The summed E-state index contributed by atoms with van der Waals surface area (Å²) in [6, 6.07) is 0. The molecule has 55 valence electrons. The van der Waals surface area contributed by atoms with Gasteiger partial charge in [0.2, 0.25) is 7.28 Å². The van der Waals surface area contributed by atoms with Crippen LogP contribution in [0.15, 0.2) is 17.5 Å². The Labute approximate surface area is 64.5 Å². The van der Waals surface area contributed by atoms with Crippen LogP contribution < -0.4 is 0 Å². The third-order valence-electron chi connectivity index (χ3n) is 1.22. The van der Waals surface area contributed by atoms with Crippen LogP contribution in [0.4, 0.5) is 0 Å². The van der Waals surface area contributed by atoms with Gasteiger partial charge in [-0.3, -0.25) is 0 Å². The van der Waals surface area contributed by atoms with E-state index in [4.69, 9.17) is 0 Å². The molecule has 0 aromatic carbocycles. The molecule has 0 spiro atoms. The Balaban J connectivity index is 3.96. The summed E-state index contributed by atoms with van der Waals surface area (Å²) in [6.45, 7) is 10.8. The molecule has 0 heterocycles. The highest BCUT2D eigenvalue weighted by Crippen LogP contribution is 1.95. The van der Waals surface area contributed by atoms with E-state index in [2.05, 4.69) is 25.4 Å². The molecule has 1 radical (unpaired) electrons. The van der Waals surface area contributed by atoms with Crippen molar-refractivity contribution < 1.29 is 0 Å². The summed E-state index contributed by atoms with van der Waals surface area (Å²) in [5.41, 5.74) is 1.14. The fourth-order valence-corrected chi connectivity index (χ4v) is 0.731. The maximum atomic E-state index is 4.30. The Kier molecular flexibility index (Phi) is 5.00. The first-order valence-corrected chi connectivity index (χ1v) is 3.72.